The molecule has 0 saturated carbocycles. The fourth-order valence-electron chi connectivity index (χ4n) is 1.38. The maximum Gasteiger partial charge on any atom is 0.238 e. The van der Waals surface area contributed by atoms with E-state index in [0.717, 1.165) is 0 Å². The minimum Gasteiger partial charge on any atom is -0.436 e. The van der Waals surface area contributed by atoms with Crippen LogP contribution in [0.25, 0.3) is 0 Å². The van der Waals surface area contributed by atoms with Gasteiger partial charge in [-0.05, 0) is 18.2 Å². The molecule has 19 heavy (non-hydrogen) atoms. The van der Waals surface area contributed by atoms with Crippen LogP contribution >= 0.6 is 23.2 Å². The van der Waals surface area contributed by atoms with Gasteiger partial charge in [-0.15, -0.1) is 0 Å². The molecule has 0 atom stereocenters. The number of hydrogen-bond donors (Lipinski definition) is 2. The molecule has 98 valence electrons. The van der Waals surface area contributed by atoms with Crippen LogP contribution in [-0.2, 0) is 0 Å². The van der Waals surface area contributed by atoms with Crippen LogP contribution in [0.5, 0.6) is 11.6 Å². The van der Waals surface area contributed by atoms with Gasteiger partial charge in [0.05, 0.1) is 5.02 Å². The highest BCUT2D eigenvalue weighted by atomic mass is 35.5. The standard InChI is InChI=1S/C12H9Cl2N3O2/c13-8-3-1-2-4-9(8)19-12-10(14)7(5-6-16-12)11(15)17-18/h1-6,18H,(H2,15,17). The van der Waals surface area contributed by atoms with Gasteiger partial charge < -0.3 is 15.7 Å². The number of rotatable bonds is 3. The molecule has 1 aromatic heterocycles. The van der Waals surface area contributed by atoms with Gasteiger partial charge in [0.1, 0.15) is 10.8 Å². The molecule has 1 heterocycles. The maximum absolute atomic E-state index is 8.66. The van der Waals surface area contributed by atoms with Gasteiger partial charge in [-0.3, -0.25) is 0 Å². The fourth-order valence-corrected chi connectivity index (χ4v) is 1.80. The third kappa shape index (κ3) is 2.89. The SMILES string of the molecule is N/C(=N/O)c1ccnc(Oc2ccccc2Cl)c1Cl. The molecular weight excluding hydrogens is 289 g/mol. The highest BCUT2D eigenvalue weighted by molar-refractivity contribution is 6.35. The third-order valence-electron chi connectivity index (χ3n) is 2.28. The molecule has 2 rings (SSSR count). The van der Waals surface area contributed by atoms with Crippen molar-refractivity contribution < 1.29 is 9.94 Å². The first-order chi connectivity index (χ1) is 9.13. The molecular formula is C12H9Cl2N3O2. The number of oxime groups is 1. The normalized spacial score (nSPS) is 11.4. The summed E-state index contributed by atoms with van der Waals surface area (Å²) in [6.07, 6.45) is 1.44. The van der Waals surface area contributed by atoms with Gasteiger partial charge in [0.15, 0.2) is 5.84 Å². The predicted molar refractivity (Wildman–Crippen MR) is 73.3 cm³/mol. The maximum atomic E-state index is 8.66. The van der Waals surface area contributed by atoms with Crippen molar-refractivity contribution in [3.63, 3.8) is 0 Å². The van der Waals surface area contributed by atoms with E-state index in [1.807, 2.05) is 0 Å². The van der Waals surface area contributed by atoms with Crippen molar-refractivity contribution in [2.75, 3.05) is 0 Å². The summed E-state index contributed by atoms with van der Waals surface area (Å²) in [6, 6.07) is 8.41. The monoisotopic (exact) mass is 297 g/mol. The second-order valence-corrected chi connectivity index (χ2v) is 4.28. The zero-order valence-electron chi connectivity index (χ0n) is 9.55. The lowest BCUT2D eigenvalue weighted by atomic mass is 10.2. The van der Waals surface area contributed by atoms with Crippen LogP contribution < -0.4 is 10.5 Å². The summed E-state index contributed by atoms with van der Waals surface area (Å²) in [4.78, 5) is 3.99. The van der Waals surface area contributed by atoms with E-state index in [-0.39, 0.29) is 16.7 Å². The Kier molecular flexibility index (Phi) is 4.09. The highest BCUT2D eigenvalue weighted by Crippen LogP contribution is 2.33. The minimum absolute atomic E-state index is 0.124. The van der Waals surface area contributed by atoms with Gasteiger partial charge in [0, 0.05) is 11.8 Å². The van der Waals surface area contributed by atoms with Crippen molar-refractivity contribution in [1.29, 1.82) is 0 Å². The first-order valence-corrected chi connectivity index (χ1v) is 5.94. The molecule has 0 aliphatic heterocycles. The van der Waals surface area contributed by atoms with E-state index in [1.165, 1.54) is 12.3 Å². The number of nitrogens with two attached hydrogens (primary N) is 1. The van der Waals surface area contributed by atoms with E-state index in [0.29, 0.717) is 16.3 Å². The Bertz CT molecular complexity index is 632. The molecule has 0 saturated heterocycles. The van der Waals surface area contributed by atoms with Gasteiger partial charge in [-0.1, -0.05) is 40.5 Å². The van der Waals surface area contributed by atoms with Gasteiger partial charge in [0.2, 0.25) is 5.88 Å². The van der Waals surface area contributed by atoms with E-state index in [4.69, 9.17) is 38.9 Å². The Hall–Kier alpha value is -1.98. The molecule has 0 unspecified atom stereocenters. The highest BCUT2D eigenvalue weighted by Gasteiger charge is 2.13. The van der Waals surface area contributed by atoms with Crippen LogP contribution in [0.4, 0.5) is 0 Å². The van der Waals surface area contributed by atoms with Crippen molar-refractivity contribution >= 4 is 29.0 Å². The number of halogens is 2. The molecule has 0 aliphatic carbocycles. The molecule has 5 nitrogen and oxygen atoms in total. The summed E-state index contributed by atoms with van der Waals surface area (Å²) in [6.45, 7) is 0. The Labute approximate surface area is 119 Å². The molecule has 3 N–H and O–H groups in total. The summed E-state index contributed by atoms with van der Waals surface area (Å²) in [5.41, 5.74) is 5.81. The van der Waals surface area contributed by atoms with E-state index in [2.05, 4.69) is 10.1 Å². The van der Waals surface area contributed by atoms with Crippen molar-refractivity contribution in [3.05, 3.63) is 52.1 Å². The number of benzene rings is 1. The van der Waals surface area contributed by atoms with E-state index >= 15 is 0 Å². The second kappa shape index (κ2) is 5.77. The average molecular weight is 298 g/mol. The topological polar surface area (TPSA) is 80.7 Å². The Morgan fingerprint density at radius 1 is 1.26 bits per heavy atom. The number of amidine groups is 1. The van der Waals surface area contributed by atoms with Crippen molar-refractivity contribution in [1.82, 2.24) is 4.98 Å². The number of aromatic nitrogens is 1. The number of para-hydroxylation sites is 1. The first kappa shape index (κ1) is 13.5. The van der Waals surface area contributed by atoms with Gasteiger partial charge in [-0.2, -0.15) is 0 Å². The molecule has 2 aromatic rings. The Morgan fingerprint density at radius 3 is 2.68 bits per heavy atom. The van der Waals surface area contributed by atoms with Gasteiger partial charge >= 0.3 is 0 Å². The summed E-state index contributed by atoms with van der Waals surface area (Å²) < 4.78 is 5.51. The zero-order chi connectivity index (χ0) is 13.8. The quantitative estimate of drug-likeness (QED) is 0.394. The smallest absolute Gasteiger partial charge is 0.238 e. The zero-order valence-corrected chi connectivity index (χ0v) is 11.1. The predicted octanol–water partition coefficient (Wildman–Crippen LogP) is 3.28. The number of nitrogens with zero attached hydrogens (tertiary/aromatic N) is 2. The molecule has 1 aromatic carbocycles. The molecule has 0 amide bonds. The van der Waals surface area contributed by atoms with Gasteiger partial charge in [-0.25, -0.2) is 4.98 Å². The summed E-state index contributed by atoms with van der Waals surface area (Å²) in [5, 5.41) is 12.1. The lowest BCUT2D eigenvalue weighted by molar-refractivity contribution is 0.318. The Balaban J connectivity index is 2.40. The van der Waals surface area contributed by atoms with Crippen molar-refractivity contribution in [2.24, 2.45) is 10.9 Å². The molecule has 0 aliphatic rings. The molecule has 0 spiro atoms. The van der Waals surface area contributed by atoms with Crippen LogP contribution in [0, 0.1) is 0 Å². The summed E-state index contributed by atoms with van der Waals surface area (Å²) in [5.74, 6) is 0.408. The third-order valence-corrected chi connectivity index (χ3v) is 2.96. The van der Waals surface area contributed by atoms with Crippen LogP contribution in [0.15, 0.2) is 41.7 Å². The number of pyridine rings is 1. The summed E-state index contributed by atoms with van der Waals surface area (Å²) >= 11 is 12.1. The van der Waals surface area contributed by atoms with Crippen LogP contribution in [0.1, 0.15) is 5.56 Å². The number of hydrogen-bond acceptors (Lipinski definition) is 4. The van der Waals surface area contributed by atoms with Crippen LogP contribution in [-0.4, -0.2) is 16.0 Å². The average Bonchev–Trinajstić information content (AvgIpc) is 2.42. The molecule has 0 radical (unpaired) electrons. The van der Waals surface area contributed by atoms with Crippen LogP contribution in [0.2, 0.25) is 10.0 Å². The Morgan fingerprint density at radius 2 is 2.00 bits per heavy atom. The van der Waals surface area contributed by atoms with E-state index in [9.17, 15) is 0 Å². The lowest BCUT2D eigenvalue weighted by Gasteiger charge is -2.09. The lowest BCUT2D eigenvalue weighted by Crippen LogP contribution is -2.14. The van der Waals surface area contributed by atoms with Crippen LogP contribution in [0.3, 0.4) is 0 Å². The fraction of sp³-hybridized carbons (Fsp3) is 0. The van der Waals surface area contributed by atoms with Crippen molar-refractivity contribution in [3.8, 4) is 11.6 Å². The number of ether oxygens (including phenoxy) is 1. The molecule has 0 bridgehead atoms. The second-order valence-electron chi connectivity index (χ2n) is 3.50. The summed E-state index contributed by atoms with van der Waals surface area (Å²) in [7, 11) is 0. The van der Waals surface area contributed by atoms with Gasteiger partial charge in [0.25, 0.3) is 0 Å². The minimum atomic E-state index is -0.128. The molecule has 0 fully saturated rings. The first-order valence-electron chi connectivity index (χ1n) is 5.18. The molecule has 7 heteroatoms. The largest absolute Gasteiger partial charge is 0.436 e. The van der Waals surface area contributed by atoms with E-state index in [1.54, 1.807) is 24.3 Å². The van der Waals surface area contributed by atoms with E-state index < -0.39 is 0 Å². The van der Waals surface area contributed by atoms with Crippen molar-refractivity contribution in [2.45, 2.75) is 0 Å².